The quantitative estimate of drug-likeness (QED) is 0.530. The molecule has 4 rings (SSSR count). The fourth-order valence-electron chi connectivity index (χ4n) is 3.53. The van der Waals surface area contributed by atoms with Gasteiger partial charge < -0.3 is 25.4 Å². The van der Waals surface area contributed by atoms with Crippen LogP contribution in [0.15, 0.2) is 40.9 Å². The second kappa shape index (κ2) is 8.45. The van der Waals surface area contributed by atoms with Crippen LogP contribution in [0.1, 0.15) is 23.8 Å². The second-order valence-electron chi connectivity index (χ2n) is 7.13. The third-order valence-electron chi connectivity index (χ3n) is 5.13. The number of fused-ring (bicyclic) bond motifs is 1. The summed E-state index contributed by atoms with van der Waals surface area (Å²) >= 11 is 0. The number of aryl methyl sites for hydroxylation is 1. The molecule has 3 heterocycles. The Kier molecular flexibility index (Phi) is 5.57. The van der Waals surface area contributed by atoms with E-state index in [1.807, 2.05) is 37.4 Å². The van der Waals surface area contributed by atoms with Crippen LogP contribution in [0.3, 0.4) is 0 Å². The number of rotatable bonds is 7. The van der Waals surface area contributed by atoms with Crippen LogP contribution >= 0.6 is 0 Å². The van der Waals surface area contributed by atoms with E-state index in [9.17, 15) is 0 Å². The standard InChI is InChI=1S/C22H26N6O/c1-3-28(11-9-23)18-6-4-17(5-7-18)26-22-25-13-15(2)21(27-22)20-12-16-14-24-10-8-19(16)29-20/h4-7,9,12-13,23-24H,3,8,10-11,14H2,1-2H3,(H,25,26,27). The summed E-state index contributed by atoms with van der Waals surface area (Å²) in [4.78, 5) is 11.3. The molecule has 0 aliphatic carbocycles. The minimum atomic E-state index is 0.540. The van der Waals surface area contributed by atoms with Gasteiger partial charge in [0, 0.05) is 55.4 Å². The SMILES string of the molecule is CCN(CC=N)c1ccc(Nc2ncc(C)c(-c3cc4c(o3)CCNC4)n2)cc1. The molecule has 3 N–H and O–H groups in total. The Bertz CT molecular complexity index is 972. The smallest absolute Gasteiger partial charge is 0.227 e. The normalized spacial score (nSPS) is 13.0. The van der Waals surface area contributed by atoms with Gasteiger partial charge >= 0.3 is 0 Å². The van der Waals surface area contributed by atoms with Crippen molar-refractivity contribution < 1.29 is 4.42 Å². The van der Waals surface area contributed by atoms with Gasteiger partial charge in [-0.3, -0.25) is 0 Å². The van der Waals surface area contributed by atoms with Gasteiger partial charge in [-0.1, -0.05) is 0 Å². The minimum Gasteiger partial charge on any atom is -0.459 e. The number of hydrogen-bond acceptors (Lipinski definition) is 7. The first kappa shape index (κ1) is 19.1. The maximum absolute atomic E-state index is 7.32. The Morgan fingerprint density at radius 3 is 2.86 bits per heavy atom. The zero-order chi connectivity index (χ0) is 20.2. The van der Waals surface area contributed by atoms with E-state index in [2.05, 4.69) is 33.5 Å². The van der Waals surface area contributed by atoms with Crippen LogP contribution in [0.2, 0.25) is 0 Å². The molecule has 0 bridgehead atoms. The number of aromatic nitrogens is 2. The van der Waals surface area contributed by atoms with Crippen molar-refractivity contribution >= 4 is 23.5 Å². The first-order chi connectivity index (χ1) is 14.2. The molecule has 1 aromatic carbocycles. The Morgan fingerprint density at radius 2 is 2.14 bits per heavy atom. The first-order valence-corrected chi connectivity index (χ1v) is 9.95. The molecule has 0 spiro atoms. The molecule has 0 amide bonds. The van der Waals surface area contributed by atoms with Gasteiger partial charge in [0.2, 0.25) is 5.95 Å². The van der Waals surface area contributed by atoms with E-state index in [0.29, 0.717) is 12.5 Å². The molecule has 7 nitrogen and oxygen atoms in total. The number of anilines is 3. The summed E-state index contributed by atoms with van der Waals surface area (Å²) in [6, 6.07) is 10.2. The lowest BCUT2D eigenvalue weighted by molar-refractivity contribution is 0.482. The number of benzene rings is 1. The summed E-state index contributed by atoms with van der Waals surface area (Å²) in [5.41, 5.74) is 5.01. The van der Waals surface area contributed by atoms with E-state index in [1.54, 1.807) is 0 Å². The number of nitrogens with zero attached hydrogens (tertiary/aromatic N) is 3. The van der Waals surface area contributed by atoms with Crippen LogP contribution in [0.4, 0.5) is 17.3 Å². The van der Waals surface area contributed by atoms with Crippen molar-refractivity contribution in [3.63, 3.8) is 0 Å². The molecular weight excluding hydrogens is 364 g/mol. The van der Waals surface area contributed by atoms with E-state index in [1.165, 1.54) is 11.8 Å². The van der Waals surface area contributed by atoms with Crippen molar-refractivity contribution in [1.29, 1.82) is 5.41 Å². The van der Waals surface area contributed by atoms with E-state index in [0.717, 1.165) is 60.2 Å². The Morgan fingerprint density at radius 1 is 1.31 bits per heavy atom. The maximum Gasteiger partial charge on any atom is 0.227 e. The molecule has 2 aromatic heterocycles. The highest BCUT2D eigenvalue weighted by Gasteiger charge is 2.18. The zero-order valence-electron chi connectivity index (χ0n) is 16.8. The monoisotopic (exact) mass is 390 g/mol. The van der Waals surface area contributed by atoms with E-state index in [4.69, 9.17) is 14.8 Å². The van der Waals surface area contributed by atoms with Crippen molar-refractivity contribution in [3.8, 4) is 11.5 Å². The molecule has 1 aliphatic heterocycles. The van der Waals surface area contributed by atoms with Gasteiger partial charge in [0.1, 0.15) is 11.5 Å². The van der Waals surface area contributed by atoms with E-state index >= 15 is 0 Å². The average Bonchev–Trinajstić information content (AvgIpc) is 3.18. The molecule has 3 aromatic rings. The average molecular weight is 390 g/mol. The lowest BCUT2D eigenvalue weighted by Gasteiger charge is -2.21. The Hall–Kier alpha value is -3.19. The van der Waals surface area contributed by atoms with Crippen LogP contribution in [-0.2, 0) is 13.0 Å². The molecule has 0 saturated heterocycles. The van der Waals surface area contributed by atoms with Gasteiger partial charge in [0.15, 0.2) is 5.76 Å². The highest BCUT2D eigenvalue weighted by molar-refractivity contribution is 5.66. The summed E-state index contributed by atoms with van der Waals surface area (Å²) < 4.78 is 6.07. The lowest BCUT2D eigenvalue weighted by Crippen LogP contribution is -2.24. The number of furan rings is 1. The highest BCUT2D eigenvalue weighted by Crippen LogP contribution is 2.29. The lowest BCUT2D eigenvalue weighted by atomic mass is 10.1. The fourth-order valence-corrected chi connectivity index (χ4v) is 3.53. The van der Waals surface area contributed by atoms with Crippen molar-refractivity contribution in [3.05, 3.63) is 53.4 Å². The summed E-state index contributed by atoms with van der Waals surface area (Å²) in [5, 5.41) is 14.0. The second-order valence-corrected chi connectivity index (χ2v) is 7.13. The highest BCUT2D eigenvalue weighted by atomic mass is 16.3. The summed E-state index contributed by atoms with van der Waals surface area (Å²) in [6.45, 7) is 7.33. The number of nitrogens with one attached hydrogen (secondary N) is 3. The van der Waals surface area contributed by atoms with Crippen molar-refractivity contribution in [2.75, 3.05) is 29.9 Å². The fraction of sp³-hybridized carbons (Fsp3) is 0.318. The van der Waals surface area contributed by atoms with Gasteiger partial charge in [-0.05, 0) is 49.7 Å². The molecule has 0 radical (unpaired) electrons. The van der Waals surface area contributed by atoms with Crippen LogP contribution in [0.25, 0.3) is 11.5 Å². The summed E-state index contributed by atoms with van der Waals surface area (Å²) in [7, 11) is 0. The molecule has 0 unspecified atom stereocenters. The van der Waals surface area contributed by atoms with Gasteiger partial charge in [-0.2, -0.15) is 0 Å². The van der Waals surface area contributed by atoms with E-state index < -0.39 is 0 Å². The molecule has 29 heavy (non-hydrogen) atoms. The van der Waals surface area contributed by atoms with Crippen LogP contribution in [0.5, 0.6) is 0 Å². The van der Waals surface area contributed by atoms with Gasteiger partial charge in [-0.25, -0.2) is 9.97 Å². The molecule has 0 saturated carbocycles. The van der Waals surface area contributed by atoms with Gasteiger partial charge in [0.25, 0.3) is 0 Å². The topological polar surface area (TPSA) is 90.1 Å². The molecule has 0 fully saturated rings. The molecule has 0 atom stereocenters. The zero-order valence-corrected chi connectivity index (χ0v) is 16.8. The minimum absolute atomic E-state index is 0.540. The molecule has 7 heteroatoms. The summed E-state index contributed by atoms with van der Waals surface area (Å²) in [6.07, 6.45) is 4.14. The van der Waals surface area contributed by atoms with E-state index in [-0.39, 0.29) is 0 Å². The van der Waals surface area contributed by atoms with Crippen LogP contribution < -0.4 is 15.5 Å². The van der Waals surface area contributed by atoms with Crippen molar-refractivity contribution in [2.45, 2.75) is 26.8 Å². The first-order valence-electron chi connectivity index (χ1n) is 9.95. The largest absolute Gasteiger partial charge is 0.459 e. The van der Waals surface area contributed by atoms with Crippen molar-refractivity contribution in [2.24, 2.45) is 0 Å². The number of hydrogen-bond donors (Lipinski definition) is 3. The molecule has 150 valence electrons. The van der Waals surface area contributed by atoms with Gasteiger partial charge in [0.05, 0.1) is 6.54 Å². The maximum atomic E-state index is 7.32. The Labute approximate surface area is 170 Å². The Balaban J connectivity index is 1.55. The molecular formula is C22H26N6O. The van der Waals surface area contributed by atoms with Crippen LogP contribution in [-0.4, -0.2) is 35.8 Å². The third-order valence-corrected chi connectivity index (χ3v) is 5.13. The third kappa shape index (κ3) is 4.14. The summed E-state index contributed by atoms with van der Waals surface area (Å²) in [5.74, 6) is 2.38. The molecule has 1 aliphatic rings. The predicted octanol–water partition coefficient (Wildman–Crippen LogP) is 3.91. The predicted molar refractivity (Wildman–Crippen MR) is 116 cm³/mol. The van der Waals surface area contributed by atoms with Gasteiger partial charge in [-0.15, -0.1) is 0 Å². The van der Waals surface area contributed by atoms with Crippen molar-refractivity contribution in [1.82, 2.24) is 15.3 Å². The van der Waals surface area contributed by atoms with Crippen LogP contribution in [0, 0.1) is 12.3 Å².